The molecule has 0 radical (unpaired) electrons. The zero-order chi connectivity index (χ0) is 10.3. The van der Waals surface area contributed by atoms with Gasteiger partial charge in [-0.3, -0.25) is 4.79 Å². The van der Waals surface area contributed by atoms with E-state index in [0.717, 1.165) is 0 Å². The van der Waals surface area contributed by atoms with Crippen LogP contribution in [0.4, 0.5) is 4.79 Å². The van der Waals surface area contributed by atoms with Crippen molar-refractivity contribution in [3.63, 3.8) is 0 Å². The first-order chi connectivity index (χ1) is 6.59. The Hall–Kier alpha value is -1.26. The number of carboxylic acids is 1. The molecule has 5 nitrogen and oxygen atoms in total. The van der Waals surface area contributed by atoms with Crippen molar-refractivity contribution in [3.05, 3.63) is 0 Å². The molecule has 2 atom stereocenters. The first-order valence-corrected chi connectivity index (χ1v) is 4.84. The van der Waals surface area contributed by atoms with Gasteiger partial charge in [0.15, 0.2) is 0 Å². The van der Waals surface area contributed by atoms with Crippen LogP contribution in [0, 0.1) is 5.92 Å². The molecule has 0 aromatic rings. The fraction of sp³-hybridized carbons (Fsp3) is 0.778. The molecule has 2 saturated heterocycles. The molecule has 2 aliphatic rings. The Labute approximate surface area is 82.3 Å². The van der Waals surface area contributed by atoms with Crippen LogP contribution in [0.2, 0.25) is 0 Å². The molecular weight excluding hydrogens is 184 g/mol. The van der Waals surface area contributed by atoms with E-state index in [1.807, 2.05) is 0 Å². The number of aliphatic carboxylic acids is 1. The molecule has 0 aromatic heterocycles. The summed E-state index contributed by atoms with van der Waals surface area (Å²) in [6.07, 6.45) is 1.19. The highest BCUT2D eigenvalue weighted by atomic mass is 16.4. The predicted molar refractivity (Wildman–Crippen MR) is 48.9 cm³/mol. The predicted octanol–water partition coefficient (Wildman–Crippen LogP) is 0.217. The van der Waals surface area contributed by atoms with Crippen molar-refractivity contribution in [1.82, 2.24) is 9.80 Å². The van der Waals surface area contributed by atoms with Crippen molar-refractivity contribution in [2.75, 3.05) is 20.1 Å². The minimum absolute atomic E-state index is 0.0406. The molecule has 14 heavy (non-hydrogen) atoms. The van der Waals surface area contributed by atoms with Crippen LogP contribution in [0.25, 0.3) is 0 Å². The van der Waals surface area contributed by atoms with Crippen molar-refractivity contribution in [2.45, 2.75) is 18.9 Å². The van der Waals surface area contributed by atoms with E-state index in [9.17, 15) is 9.59 Å². The molecule has 78 valence electrons. The number of amides is 2. The number of rotatable bonds is 1. The Morgan fingerprint density at radius 1 is 1.57 bits per heavy atom. The van der Waals surface area contributed by atoms with Crippen LogP contribution in [0.3, 0.4) is 0 Å². The van der Waals surface area contributed by atoms with E-state index in [1.165, 1.54) is 0 Å². The van der Waals surface area contributed by atoms with Gasteiger partial charge in [0.05, 0.1) is 12.0 Å². The number of nitrogens with zero attached hydrogens (tertiary/aromatic N) is 2. The molecule has 2 unspecified atom stereocenters. The van der Waals surface area contributed by atoms with Crippen molar-refractivity contribution < 1.29 is 14.7 Å². The molecular formula is C9H14N2O3. The molecule has 2 aliphatic heterocycles. The third kappa shape index (κ3) is 1.32. The highest BCUT2D eigenvalue weighted by Crippen LogP contribution is 2.28. The number of likely N-dealkylation sites (N-methyl/N-ethyl adjacent to an activating group) is 1. The number of piperidine rings is 1. The first-order valence-electron chi connectivity index (χ1n) is 4.84. The molecule has 2 heterocycles. The maximum absolute atomic E-state index is 11.5. The number of hydrogen-bond donors (Lipinski definition) is 1. The quantitative estimate of drug-likeness (QED) is 0.655. The lowest BCUT2D eigenvalue weighted by molar-refractivity contribution is -0.143. The molecule has 5 heteroatoms. The lowest BCUT2D eigenvalue weighted by atomic mass is 9.92. The Morgan fingerprint density at radius 2 is 2.29 bits per heavy atom. The van der Waals surface area contributed by atoms with Crippen molar-refractivity contribution >= 4 is 12.0 Å². The van der Waals surface area contributed by atoms with Crippen molar-refractivity contribution in [3.8, 4) is 0 Å². The Bertz CT molecular complexity index is 279. The Morgan fingerprint density at radius 3 is 2.93 bits per heavy atom. The summed E-state index contributed by atoms with van der Waals surface area (Å²) >= 11 is 0. The van der Waals surface area contributed by atoms with Crippen molar-refractivity contribution in [2.24, 2.45) is 5.92 Å². The van der Waals surface area contributed by atoms with Crippen LogP contribution < -0.4 is 0 Å². The molecule has 0 saturated carbocycles. The van der Waals surface area contributed by atoms with Gasteiger partial charge in [-0.15, -0.1) is 0 Å². The highest BCUT2D eigenvalue weighted by molar-refractivity contribution is 5.78. The number of carbonyl (C=O) groups is 2. The molecule has 2 rings (SSSR count). The number of carboxylic acid groups (broad SMARTS) is 1. The minimum Gasteiger partial charge on any atom is -0.481 e. The molecule has 2 amide bonds. The van der Waals surface area contributed by atoms with Crippen LogP contribution in [0.1, 0.15) is 12.8 Å². The average molecular weight is 198 g/mol. The molecule has 2 fully saturated rings. The summed E-state index contributed by atoms with van der Waals surface area (Å²) < 4.78 is 0. The van der Waals surface area contributed by atoms with Crippen LogP contribution in [0.5, 0.6) is 0 Å². The van der Waals surface area contributed by atoms with E-state index in [1.54, 1.807) is 16.8 Å². The van der Waals surface area contributed by atoms with Crippen molar-refractivity contribution in [1.29, 1.82) is 0 Å². The second-order valence-corrected chi connectivity index (χ2v) is 4.07. The van der Waals surface area contributed by atoms with E-state index < -0.39 is 5.97 Å². The lowest BCUT2D eigenvalue weighted by Crippen LogP contribution is -2.43. The first kappa shape index (κ1) is 9.30. The summed E-state index contributed by atoms with van der Waals surface area (Å²) in [7, 11) is 1.76. The van der Waals surface area contributed by atoms with Crippen LogP contribution in [-0.2, 0) is 4.79 Å². The maximum atomic E-state index is 11.5. The zero-order valence-corrected chi connectivity index (χ0v) is 8.14. The van der Waals surface area contributed by atoms with E-state index in [2.05, 4.69) is 0 Å². The van der Waals surface area contributed by atoms with E-state index in [4.69, 9.17) is 5.11 Å². The van der Waals surface area contributed by atoms with Crippen LogP contribution in [-0.4, -0.2) is 53.1 Å². The monoisotopic (exact) mass is 198 g/mol. The van der Waals surface area contributed by atoms with Gasteiger partial charge in [0.1, 0.15) is 0 Å². The van der Waals surface area contributed by atoms with Gasteiger partial charge in [0.2, 0.25) is 0 Å². The van der Waals surface area contributed by atoms with Gasteiger partial charge in [-0.05, 0) is 12.8 Å². The van der Waals surface area contributed by atoms with Gasteiger partial charge in [-0.25, -0.2) is 4.79 Å². The number of fused-ring (bicyclic) bond motifs is 1. The summed E-state index contributed by atoms with van der Waals surface area (Å²) in [5.41, 5.74) is 0. The topological polar surface area (TPSA) is 60.9 Å². The summed E-state index contributed by atoms with van der Waals surface area (Å²) in [5, 5.41) is 8.87. The van der Waals surface area contributed by atoms with Gasteiger partial charge in [0.25, 0.3) is 0 Å². The average Bonchev–Trinajstić information content (AvgIpc) is 2.42. The smallest absolute Gasteiger partial charge is 0.320 e. The second kappa shape index (κ2) is 3.15. The van der Waals surface area contributed by atoms with Gasteiger partial charge >= 0.3 is 12.0 Å². The number of urea groups is 1. The standard InChI is InChI=1S/C9H14N2O3/c1-10-5-7-4-6(8(12)13)2-3-11(7)9(10)14/h6-7H,2-5H2,1H3,(H,12,13). The molecule has 0 aliphatic carbocycles. The zero-order valence-electron chi connectivity index (χ0n) is 8.14. The van der Waals surface area contributed by atoms with E-state index in [0.29, 0.717) is 25.9 Å². The van der Waals surface area contributed by atoms with E-state index >= 15 is 0 Å². The molecule has 0 aromatic carbocycles. The largest absolute Gasteiger partial charge is 0.481 e. The van der Waals surface area contributed by atoms with Gasteiger partial charge in [-0.1, -0.05) is 0 Å². The highest BCUT2D eigenvalue weighted by Gasteiger charge is 2.41. The molecule has 0 spiro atoms. The summed E-state index contributed by atoms with van der Waals surface area (Å²) in [6, 6.07) is 0.154. The lowest BCUT2D eigenvalue weighted by Gasteiger charge is -2.31. The molecule has 1 N–H and O–H groups in total. The number of carbonyl (C=O) groups excluding carboxylic acids is 1. The third-order valence-corrected chi connectivity index (χ3v) is 3.12. The van der Waals surface area contributed by atoms with Crippen LogP contribution >= 0.6 is 0 Å². The Kier molecular flexibility index (Phi) is 2.09. The van der Waals surface area contributed by atoms with Crippen LogP contribution in [0.15, 0.2) is 0 Å². The summed E-state index contributed by atoms with van der Waals surface area (Å²) in [4.78, 5) is 25.8. The van der Waals surface area contributed by atoms with Gasteiger partial charge in [0, 0.05) is 20.1 Å². The normalized spacial score (nSPS) is 31.9. The fourth-order valence-corrected chi connectivity index (χ4v) is 2.31. The SMILES string of the molecule is CN1CC2CC(C(=O)O)CCN2C1=O. The maximum Gasteiger partial charge on any atom is 0.320 e. The van der Waals surface area contributed by atoms with Gasteiger partial charge < -0.3 is 14.9 Å². The summed E-state index contributed by atoms with van der Waals surface area (Å²) in [5.74, 6) is -0.998. The fourth-order valence-electron chi connectivity index (χ4n) is 2.31. The minimum atomic E-state index is -0.730. The van der Waals surface area contributed by atoms with Gasteiger partial charge in [-0.2, -0.15) is 0 Å². The Balaban J connectivity index is 2.06. The number of hydrogen-bond acceptors (Lipinski definition) is 2. The second-order valence-electron chi connectivity index (χ2n) is 4.07. The molecule has 0 bridgehead atoms. The van der Waals surface area contributed by atoms with E-state index in [-0.39, 0.29) is 18.0 Å². The summed E-state index contributed by atoms with van der Waals surface area (Å²) in [6.45, 7) is 1.26. The third-order valence-electron chi connectivity index (χ3n) is 3.12.